The molecule has 126 valence electrons. The Morgan fingerprint density at radius 1 is 0.958 bits per heavy atom. The third-order valence-electron chi connectivity index (χ3n) is 4.25. The predicted molar refractivity (Wildman–Crippen MR) is 89.3 cm³/mol. The molecular formula is C19H20O5. The first kappa shape index (κ1) is 16.9. The highest BCUT2D eigenvalue weighted by Crippen LogP contribution is 2.21. The van der Waals surface area contributed by atoms with Crippen molar-refractivity contribution in [3.05, 3.63) is 47.5 Å². The lowest BCUT2D eigenvalue weighted by molar-refractivity contribution is -0.214. The van der Waals surface area contributed by atoms with Crippen LogP contribution < -0.4 is 0 Å². The average Bonchev–Trinajstić information content (AvgIpc) is 2.59. The maximum atomic E-state index is 9.98. The van der Waals surface area contributed by atoms with Crippen LogP contribution in [-0.4, -0.2) is 57.6 Å². The Kier molecular flexibility index (Phi) is 4.86. The molecule has 5 heteroatoms. The normalized spacial score (nSPS) is 30.0. The molecule has 0 saturated carbocycles. The zero-order valence-electron chi connectivity index (χ0n) is 13.3. The van der Waals surface area contributed by atoms with Crippen LogP contribution in [0.5, 0.6) is 0 Å². The molecule has 0 aliphatic carbocycles. The maximum Gasteiger partial charge on any atom is 0.147 e. The van der Waals surface area contributed by atoms with Gasteiger partial charge in [0.2, 0.25) is 0 Å². The molecule has 1 fully saturated rings. The van der Waals surface area contributed by atoms with Crippen molar-refractivity contribution in [3.8, 4) is 11.8 Å². The summed E-state index contributed by atoms with van der Waals surface area (Å²) in [4.78, 5) is 0. The van der Waals surface area contributed by atoms with Gasteiger partial charge in [-0.1, -0.05) is 41.7 Å². The van der Waals surface area contributed by atoms with Crippen LogP contribution in [-0.2, 0) is 4.74 Å². The second-order valence-corrected chi connectivity index (χ2v) is 6.08. The summed E-state index contributed by atoms with van der Waals surface area (Å²) in [5.41, 5.74) is 1.94. The summed E-state index contributed by atoms with van der Waals surface area (Å²) in [5.74, 6) is 5.70. The lowest BCUT2D eigenvalue weighted by Gasteiger charge is -2.37. The minimum atomic E-state index is -1.41. The Hall–Kier alpha value is -1.94. The van der Waals surface area contributed by atoms with Gasteiger partial charge in [0, 0.05) is 5.56 Å². The molecule has 5 atom stereocenters. The Morgan fingerprint density at radius 2 is 1.67 bits per heavy atom. The van der Waals surface area contributed by atoms with Crippen molar-refractivity contribution < 1.29 is 25.2 Å². The number of hydrogen-bond acceptors (Lipinski definition) is 5. The first-order valence-electron chi connectivity index (χ1n) is 7.82. The number of aliphatic hydroxyl groups is 4. The van der Waals surface area contributed by atoms with E-state index in [-0.39, 0.29) is 0 Å². The van der Waals surface area contributed by atoms with Gasteiger partial charge in [-0.25, -0.2) is 0 Å². The van der Waals surface area contributed by atoms with Crippen molar-refractivity contribution in [2.75, 3.05) is 6.61 Å². The van der Waals surface area contributed by atoms with Crippen molar-refractivity contribution in [2.24, 2.45) is 0 Å². The molecule has 2 aromatic rings. The molecule has 24 heavy (non-hydrogen) atoms. The van der Waals surface area contributed by atoms with E-state index in [1.807, 2.05) is 37.3 Å². The maximum absolute atomic E-state index is 9.98. The monoisotopic (exact) mass is 328 g/mol. The van der Waals surface area contributed by atoms with E-state index in [2.05, 4.69) is 17.9 Å². The van der Waals surface area contributed by atoms with E-state index in [0.717, 1.165) is 16.3 Å². The van der Waals surface area contributed by atoms with Crippen molar-refractivity contribution in [3.63, 3.8) is 0 Å². The SMILES string of the molecule is Cc1ccc2cc(C#CC3OC(CO)C(O)C(O)C3O)ccc2c1. The van der Waals surface area contributed by atoms with E-state index < -0.39 is 37.1 Å². The molecule has 3 rings (SSSR count). The second-order valence-electron chi connectivity index (χ2n) is 6.08. The standard InChI is InChI=1S/C19H20O5/c1-11-2-5-14-9-12(3-6-13(14)8-11)4-7-15-17(21)19(23)18(22)16(10-20)24-15/h2-3,5-6,8-9,15-23H,10H2,1H3. The van der Waals surface area contributed by atoms with Gasteiger partial charge in [0.15, 0.2) is 0 Å². The largest absolute Gasteiger partial charge is 0.394 e. The third-order valence-corrected chi connectivity index (χ3v) is 4.25. The summed E-state index contributed by atoms with van der Waals surface area (Å²) in [7, 11) is 0. The van der Waals surface area contributed by atoms with E-state index in [1.165, 1.54) is 5.56 Å². The summed E-state index contributed by atoms with van der Waals surface area (Å²) < 4.78 is 5.37. The fourth-order valence-electron chi connectivity index (χ4n) is 2.82. The van der Waals surface area contributed by atoms with E-state index in [9.17, 15) is 20.4 Å². The molecule has 1 heterocycles. The van der Waals surface area contributed by atoms with Crippen molar-refractivity contribution in [2.45, 2.75) is 37.4 Å². The van der Waals surface area contributed by atoms with Gasteiger partial charge < -0.3 is 25.2 Å². The summed E-state index contributed by atoms with van der Waals surface area (Å²) in [6.45, 7) is 1.57. The summed E-state index contributed by atoms with van der Waals surface area (Å²) in [6, 6.07) is 11.9. The number of ether oxygens (including phenoxy) is 1. The van der Waals surface area contributed by atoms with E-state index in [1.54, 1.807) is 0 Å². The fourth-order valence-corrected chi connectivity index (χ4v) is 2.82. The smallest absolute Gasteiger partial charge is 0.147 e. The van der Waals surface area contributed by atoms with Crippen molar-refractivity contribution >= 4 is 10.8 Å². The van der Waals surface area contributed by atoms with Gasteiger partial charge in [-0.15, -0.1) is 0 Å². The average molecular weight is 328 g/mol. The number of rotatable bonds is 1. The van der Waals surface area contributed by atoms with E-state index in [4.69, 9.17) is 4.74 Å². The highest BCUT2D eigenvalue weighted by molar-refractivity contribution is 5.84. The minimum Gasteiger partial charge on any atom is -0.394 e. The Balaban J connectivity index is 1.84. The minimum absolute atomic E-state index is 0.460. The van der Waals surface area contributed by atoms with Gasteiger partial charge >= 0.3 is 0 Å². The predicted octanol–water partition coefficient (Wildman–Crippen LogP) is 0.342. The van der Waals surface area contributed by atoms with Crippen LogP contribution in [0.3, 0.4) is 0 Å². The number of aryl methyl sites for hydroxylation is 1. The van der Waals surface area contributed by atoms with E-state index in [0.29, 0.717) is 0 Å². The van der Waals surface area contributed by atoms with Crippen molar-refractivity contribution in [1.29, 1.82) is 0 Å². The van der Waals surface area contributed by atoms with Gasteiger partial charge in [-0.3, -0.25) is 0 Å². The van der Waals surface area contributed by atoms with Crippen LogP contribution in [0.2, 0.25) is 0 Å². The highest BCUT2D eigenvalue weighted by atomic mass is 16.5. The van der Waals surface area contributed by atoms with Crippen LogP contribution in [0.25, 0.3) is 10.8 Å². The molecular weight excluding hydrogens is 308 g/mol. The third kappa shape index (κ3) is 3.29. The molecule has 1 aliphatic rings. The zero-order chi connectivity index (χ0) is 17.3. The molecule has 2 aromatic carbocycles. The number of aliphatic hydroxyl groups excluding tert-OH is 4. The lowest BCUT2D eigenvalue weighted by Crippen LogP contribution is -2.58. The Labute approximate surface area is 140 Å². The first-order valence-corrected chi connectivity index (χ1v) is 7.82. The second kappa shape index (κ2) is 6.89. The quantitative estimate of drug-likeness (QED) is 0.567. The fraction of sp³-hybridized carbons (Fsp3) is 0.368. The van der Waals surface area contributed by atoms with Crippen LogP contribution in [0, 0.1) is 18.8 Å². The topological polar surface area (TPSA) is 90.2 Å². The van der Waals surface area contributed by atoms with Gasteiger partial charge in [0.05, 0.1) is 6.61 Å². The lowest BCUT2D eigenvalue weighted by atomic mass is 9.95. The summed E-state index contributed by atoms with van der Waals surface area (Å²) in [6.07, 6.45) is -6.03. The zero-order valence-corrected chi connectivity index (χ0v) is 13.3. The van der Waals surface area contributed by atoms with Gasteiger partial charge in [0.25, 0.3) is 0 Å². The molecule has 4 N–H and O–H groups in total. The van der Waals surface area contributed by atoms with Crippen molar-refractivity contribution in [1.82, 2.24) is 0 Å². The van der Waals surface area contributed by atoms with Gasteiger partial charge in [-0.2, -0.15) is 0 Å². The molecule has 1 saturated heterocycles. The van der Waals surface area contributed by atoms with Gasteiger partial charge in [0.1, 0.15) is 30.5 Å². The van der Waals surface area contributed by atoms with Crippen LogP contribution in [0.4, 0.5) is 0 Å². The van der Waals surface area contributed by atoms with E-state index >= 15 is 0 Å². The Bertz CT molecular complexity index is 789. The molecule has 0 bridgehead atoms. The van der Waals surface area contributed by atoms with Crippen LogP contribution in [0.15, 0.2) is 36.4 Å². The molecule has 1 aliphatic heterocycles. The molecule has 0 amide bonds. The number of hydrogen-bond donors (Lipinski definition) is 4. The van der Waals surface area contributed by atoms with Gasteiger partial charge in [-0.05, 0) is 29.8 Å². The van der Waals surface area contributed by atoms with Crippen LogP contribution in [0.1, 0.15) is 11.1 Å². The molecule has 5 nitrogen and oxygen atoms in total. The molecule has 0 spiro atoms. The highest BCUT2D eigenvalue weighted by Gasteiger charge is 2.42. The number of benzene rings is 2. The van der Waals surface area contributed by atoms with Crippen LogP contribution >= 0.6 is 0 Å². The molecule has 5 unspecified atom stereocenters. The number of fused-ring (bicyclic) bond motifs is 1. The first-order chi connectivity index (χ1) is 11.5. The Morgan fingerprint density at radius 3 is 2.42 bits per heavy atom. The molecule has 0 aromatic heterocycles. The molecule has 0 radical (unpaired) electrons. The summed E-state index contributed by atoms with van der Waals surface area (Å²) >= 11 is 0. The summed E-state index contributed by atoms with van der Waals surface area (Å²) in [5, 5.41) is 40.9.